The molecule has 2 nitrogen and oxygen atoms in total. The van der Waals surface area contributed by atoms with Gasteiger partial charge in [-0.3, -0.25) is 4.79 Å². The van der Waals surface area contributed by atoms with Gasteiger partial charge in [-0.05, 0) is 6.07 Å². The van der Waals surface area contributed by atoms with Crippen molar-refractivity contribution >= 4 is 17.1 Å². The zero-order chi connectivity index (χ0) is 15.8. The van der Waals surface area contributed by atoms with Crippen molar-refractivity contribution in [2.45, 2.75) is 12.4 Å². The molecule has 1 aromatic carbocycles. The van der Waals surface area contributed by atoms with E-state index in [1.807, 2.05) is 0 Å². The molecule has 21 heavy (non-hydrogen) atoms. The van der Waals surface area contributed by atoms with E-state index in [-0.39, 0.29) is 11.3 Å². The van der Waals surface area contributed by atoms with Crippen molar-refractivity contribution in [1.29, 1.82) is 0 Å². The van der Waals surface area contributed by atoms with Crippen molar-refractivity contribution < 1.29 is 31.1 Å². The molecule has 0 spiro atoms. The fourth-order valence-electron chi connectivity index (χ4n) is 1.57. The van der Waals surface area contributed by atoms with E-state index in [0.717, 1.165) is 12.1 Å². The molecule has 112 valence electrons. The van der Waals surface area contributed by atoms with Gasteiger partial charge in [0.1, 0.15) is 0 Å². The lowest BCUT2D eigenvalue weighted by molar-refractivity contribution is -0.138. The van der Waals surface area contributed by atoms with Gasteiger partial charge in [0.25, 0.3) is 0 Å². The summed E-state index contributed by atoms with van der Waals surface area (Å²) < 4.78 is 75.5. The minimum absolute atomic E-state index is 0.00909. The van der Waals surface area contributed by atoms with Crippen LogP contribution in [0.15, 0.2) is 30.5 Å². The van der Waals surface area contributed by atoms with Crippen LogP contribution >= 0.6 is 11.3 Å². The second-order valence-electron chi connectivity index (χ2n) is 3.90. The highest BCUT2D eigenvalue weighted by atomic mass is 32.1. The van der Waals surface area contributed by atoms with E-state index in [1.165, 1.54) is 6.07 Å². The normalized spacial score (nSPS) is 12.5. The van der Waals surface area contributed by atoms with Gasteiger partial charge in [-0.1, -0.05) is 18.2 Å². The molecular formula is C12H5F6NOS. The Balaban J connectivity index is 2.44. The number of nitrogens with zero attached hydrogens (tertiary/aromatic N) is 1. The molecule has 0 amide bonds. The maximum absolute atomic E-state index is 12.8. The Hall–Kier alpha value is -1.90. The molecule has 0 bridgehead atoms. The van der Waals surface area contributed by atoms with Crippen LogP contribution in [0.3, 0.4) is 0 Å². The van der Waals surface area contributed by atoms with E-state index in [1.54, 1.807) is 0 Å². The van der Waals surface area contributed by atoms with Gasteiger partial charge in [0.05, 0.1) is 10.4 Å². The van der Waals surface area contributed by atoms with Crippen molar-refractivity contribution in [3.8, 4) is 0 Å². The average Bonchev–Trinajstić information content (AvgIpc) is 2.86. The van der Waals surface area contributed by atoms with Gasteiger partial charge in [-0.25, -0.2) is 4.98 Å². The summed E-state index contributed by atoms with van der Waals surface area (Å²) >= 11 is 0.00909. The molecule has 0 saturated heterocycles. The highest BCUT2D eigenvalue weighted by Gasteiger charge is 2.37. The molecule has 0 aliphatic heterocycles. The van der Waals surface area contributed by atoms with Gasteiger partial charge in [0, 0.05) is 11.8 Å². The molecule has 0 unspecified atom stereocenters. The van der Waals surface area contributed by atoms with Crippen LogP contribution in [0, 0.1) is 0 Å². The number of rotatable bonds is 2. The van der Waals surface area contributed by atoms with Crippen LogP contribution in [-0.4, -0.2) is 10.8 Å². The summed E-state index contributed by atoms with van der Waals surface area (Å²) in [6.45, 7) is 0. The lowest BCUT2D eigenvalue weighted by Crippen LogP contribution is -2.13. The highest BCUT2D eigenvalue weighted by molar-refractivity contribution is 7.14. The van der Waals surface area contributed by atoms with Gasteiger partial charge in [0.15, 0.2) is 5.01 Å². The molecule has 2 aromatic rings. The number of benzene rings is 1. The van der Waals surface area contributed by atoms with Gasteiger partial charge in [-0.15, -0.1) is 11.3 Å². The molecular weight excluding hydrogens is 320 g/mol. The average molecular weight is 325 g/mol. The molecule has 0 atom stereocenters. The van der Waals surface area contributed by atoms with Crippen molar-refractivity contribution in [2.24, 2.45) is 0 Å². The first-order chi connectivity index (χ1) is 9.60. The van der Waals surface area contributed by atoms with Crippen LogP contribution in [0.2, 0.25) is 0 Å². The molecule has 0 saturated carbocycles. The molecule has 0 radical (unpaired) electrons. The topological polar surface area (TPSA) is 30.0 Å². The summed E-state index contributed by atoms with van der Waals surface area (Å²) in [5.74, 6) is -1.14. The van der Waals surface area contributed by atoms with Crippen LogP contribution < -0.4 is 0 Å². The summed E-state index contributed by atoms with van der Waals surface area (Å²) in [5, 5.41) is -1.28. The number of halogens is 6. The largest absolute Gasteiger partial charge is 0.443 e. The predicted molar refractivity (Wildman–Crippen MR) is 62.0 cm³/mol. The minimum atomic E-state index is -4.77. The first kappa shape index (κ1) is 15.5. The fraction of sp³-hybridized carbons (Fsp3) is 0.167. The number of carbonyl (C=O) groups is 1. The third-order valence-electron chi connectivity index (χ3n) is 2.45. The van der Waals surface area contributed by atoms with Crippen molar-refractivity contribution in [3.05, 3.63) is 51.5 Å². The van der Waals surface area contributed by atoms with Crippen molar-refractivity contribution in [1.82, 2.24) is 4.98 Å². The van der Waals surface area contributed by atoms with Crippen LogP contribution in [0.1, 0.15) is 25.8 Å². The molecule has 1 aromatic heterocycles. The SMILES string of the molecule is O=C(c1cnc(C(F)(F)F)s1)c1ccccc1C(F)(F)F. The Bertz CT molecular complexity index is 673. The van der Waals surface area contributed by atoms with E-state index >= 15 is 0 Å². The van der Waals surface area contributed by atoms with Crippen LogP contribution in [0.4, 0.5) is 26.3 Å². The maximum Gasteiger partial charge on any atom is 0.443 e. The van der Waals surface area contributed by atoms with E-state index in [9.17, 15) is 31.1 Å². The molecule has 2 rings (SSSR count). The van der Waals surface area contributed by atoms with Crippen LogP contribution in [0.25, 0.3) is 0 Å². The molecule has 0 aliphatic carbocycles. The standard InChI is InChI=1S/C12H5F6NOS/c13-11(14,15)7-4-2-1-3-6(7)9(20)8-5-19-10(21-8)12(16,17)18/h1-5H. The van der Waals surface area contributed by atoms with Crippen LogP contribution in [0.5, 0.6) is 0 Å². The highest BCUT2D eigenvalue weighted by Crippen LogP contribution is 2.36. The second kappa shape index (κ2) is 5.14. The number of ketones is 1. The van der Waals surface area contributed by atoms with E-state index in [4.69, 9.17) is 0 Å². The van der Waals surface area contributed by atoms with Crippen molar-refractivity contribution in [2.75, 3.05) is 0 Å². The second-order valence-corrected chi connectivity index (χ2v) is 4.93. The lowest BCUT2D eigenvalue weighted by atomic mass is 10.0. The fourth-order valence-corrected chi connectivity index (χ4v) is 2.31. The smallest absolute Gasteiger partial charge is 0.288 e. The van der Waals surface area contributed by atoms with E-state index < -0.39 is 39.1 Å². The molecule has 0 aliphatic rings. The number of aromatic nitrogens is 1. The minimum Gasteiger partial charge on any atom is -0.288 e. The van der Waals surface area contributed by atoms with Gasteiger partial charge >= 0.3 is 12.4 Å². The Morgan fingerprint density at radius 1 is 1.00 bits per heavy atom. The number of thiazole rings is 1. The Kier molecular flexibility index (Phi) is 3.79. The Labute approximate surface area is 118 Å². The predicted octanol–water partition coefficient (Wildman–Crippen LogP) is 4.41. The Morgan fingerprint density at radius 3 is 2.14 bits per heavy atom. The van der Waals surface area contributed by atoms with Gasteiger partial charge in [0.2, 0.25) is 5.78 Å². The van der Waals surface area contributed by atoms with Gasteiger partial charge < -0.3 is 0 Å². The molecule has 0 N–H and O–H groups in total. The Morgan fingerprint density at radius 2 is 1.62 bits per heavy atom. The summed E-state index contributed by atoms with van der Waals surface area (Å²) in [6.07, 6.45) is -8.89. The summed E-state index contributed by atoms with van der Waals surface area (Å²) in [7, 11) is 0. The maximum atomic E-state index is 12.8. The van der Waals surface area contributed by atoms with Crippen LogP contribution in [-0.2, 0) is 12.4 Å². The molecule has 0 fully saturated rings. The van der Waals surface area contributed by atoms with Gasteiger partial charge in [-0.2, -0.15) is 26.3 Å². The van der Waals surface area contributed by atoms with E-state index in [2.05, 4.69) is 4.98 Å². The zero-order valence-electron chi connectivity index (χ0n) is 9.92. The first-order valence-electron chi connectivity index (χ1n) is 5.34. The third kappa shape index (κ3) is 3.23. The summed E-state index contributed by atoms with van der Waals surface area (Å²) in [4.78, 5) is 14.5. The molecule has 9 heteroatoms. The number of carbonyl (C=O) groups excluding carboxylic acids is 1. The number of hydrogen-bond acceptors (Lipinski definition) is 3. The summed E-state index contributed by atoms with van der Waals surface area (Å²) in [6, 6.07) is 3.90. The summed E-state index contributed by atoms with van der Waals surface area (Å²) in [5.41, 5.74) is -1.90. The number of hydrogen-bond donors (Lipinski definition) is 0. The third-order valence-corrected chi connectivity index (χ3v) is 3.49. The number of alkyl halides is 6. The quantitative estimate of drug-likeness (QED) is 0.605. The lowest BCUT2D eigenvalue weighted by Gasteiger charge is -2.10. The monoisotopic (exact) mass is 325 g/mol. The zero-order valence-corrected chi connectivity index (χ0v) is 10.7. The first-order valence-corrected chi connectivity index (χ1v) is 6.16. The molecule has 1 heterocycles. The van der Waals surface area contributed by atoms with Crippen molar-refractivity contribution in [3.63, 3.8) is 0 Å². The van der Waals surface area contributed by atoms with E-state index in [0.29, 0.717) is 12.3 Å².